The summed E-state index contributed by atoms with van der Waals surface area (Å²) in [5.74, 6) is -0.607. The first-order valence-electron chi connectivity index (χ1n) is 4.95. The predicted molar refractivity (Wildman–Crippen MR) is 68.7 cm³/mol. The Balaban J connectivity index is 2.97. The fraction of sp³-hybridized carbons (Fsp3) is 0.273. The Morgan fingerprint density at radius 3 is 2.76 bits per heavy atom. The molecule has 0 aliphatic heterocycles. The van der Waals surface area contributed by atoms with Gasteiger partial charge in [0.05, 0.1) is 9.37 Å². The Bertz CT molecular complexity index is 516. The van der Waals surface area contributed by atoms with Crippen molar-refractivity contribution in [3.8, 4) is 0 Å². The summed E-state index contributed by atoms with van der Waals surface area (Å²) in [6.45, 7) is 5.24. The molecule has 1 unspecified atom stereocenters. The summed E-state index contributed by atoms with van der Waals surface area (Å²) in [5.41, 5.74) is 0. The van der Waals surface area contributed by atoms with E-state index >= 15 is 0 Å². The van der Waals surface area contributed by atoms with Crippen LogP contribution in [-0.4, -0.2) is 14.5 Å². The highest BCUT2D eigenvalue weighted by Gasteiger charge is 2.17. The van der Waals surface area contributed by atoms with Gasteiger partial charge in [-0.25, -0.2) is 17.5 Å². The number of benzene rings is 1. The van der Waals surface area contributed by atoms with Crippen LogP contribution in [0.5, 0.6) is 0 Å². The first-order valence-corrected chi connectivity index (χ1v) is 7.22. The number of nitrogens with one attached hydrogen (secondary N) is 1. The minimum Gasteiger partial charge on any atom is -0.208 e. The first-order chi connectivity index (χ1) is 7.86. The number of sulfonamides is 1. The van der Waals surface area contributed by atoms with Crippen molar-refractivity contribution in [3.63, 3.8) is 0 Å². The topological polar surface area (TPSA) is 46.2 Å². The molecule has 0 saturated heterocycles. The van der Waals surface area contributed by atoms with Crippen LogP contribution in [0.2, 0.25) is 0 Å². The lowest BCUT2D eigenvalue weighted by molar-refractivity contribution is 0.559. The molecule has 0 saturated carbocycles. The van der Waals surface area contributed by atoms with Crippen molar-refractivity contribution >= 4 is 26.0 Å². The van der Waals surface area contributed by atoms with Crippen molar-refractivity contribution in [2.45, 2.75) is 24.3 Å². The van der Waals surface area contributed by atoms with E-state index in [0.717, 1.165) is 6.07 Å². The Morgan fingerprint density at radius 1 is 1.59 bits per heavy atom. The fourth-order valence-corrected chi connectivity index (χ4v) is 2.79. The average molecular weight is 322 g/mol. The van der Waals surface area contributed by atoms with E-state index in [0.29, 0.717) is 6.42 Å². The standard InChI is InChI=1S/C11H13BrFNO2S/c1-3-4-8(2)14-17(15,16)9-5-6-10(12)11(13)7-9/h3,5-8,14H,1,4H2,2H3. The van der Waals surface area contributed by atoms with Gasteiger partial charge < -0.3 is 0 Å². The summed E-state index contributed by atoms with van der Waals surface area (Å²) in [4.78, 5) is -0.0888. The molecule has 0 bridgehead atoms. The second kappa shape index (κ2) is 5.75. The van der Waals surface area contributed by atoms with Gasteiger partial charge in [-0.1, -0.05) is 6.08 Å². The van der Waals surface area contributed by atoms with Crippen molar-refractivity contribution in [1.29, 1.82) is 0 Å². The van der Waals surface area contributed by atoms with E-state index in [9.17, 15) is 12.8 Å². The molecule has 94 valence electrons. The smallest absolute Gasteiger partial charge is 0.208 e. The third-order valence-corrected chi connectivity index (χ3v) is 4.31. The van der Waals surface area contributed by atoms with Gasteiger partial charge in [0.15, 0.2) is 0 Å². The normalized spacial score (nSPS) is 13.4. The average Bonchev–Trinajstić information content (AvgIpc) is 2.21. The van der Waals surface area contributed by atoms with Crippen LogP contribution in [0.4, 0.5) is 4.39 Å². The molecule has 1 N–H and O–H groups in total. The highest BCUT2D eigenvalue weighted by atomic mass is 79.9. The van der Waals surface area contributed by atoms with Crippen LogP contribution in [0.1, 0.15) is 13.3 Å². The maximum atomic E-state index is 13.2. The van der Waals surface area contributed by atoms with E-state index < -0.39 is 15.8 Å². The zero-order chi connectivity index (χ0) is 13.1. The van der Waals surface area contributed by atoms with Crippen molar-refractivity contribution in [1.82, 2.24) is 4.72 Å². The molecule has 17 heavy (non-hydrogen) atoms. The van der Waals surface area contributed by atoms with Crippen LogP contribution in [0, 0.1) is 5.82 Å². The third-order valence-electron chi connectivity index (χ3n) is 2.08. The lowest BCUT2D eigenvalue weighted by Crippen LogP contribution is -2.32. The zero-order valence-corrected chi connectivity index (χ0v) is 11.7. The largest absolute Gasteiger partial charge is 0.240 e. The lowest BCUT2D eigenvalue weighted by Gasteiger charge is -2.12. The first kappa shape index (κ1) is 14.3. The highest BCUT2D eigenvalue weighted by Crippen LogP contribution is 2.19. The van der Waals surface area contributed by atoms with E-state index in [1.54, 1.807) is 13.0 Å². The summed E-state index contributed by atoms with van der Waals surface area (Å²) >= 11 is 2.97. The van der Waals surface area contributed by atoms with E-state index in [-0.39, 0.29) is 15.4 Å². The zero-order valence-electron chi connectivity index (χ0n) is 9.28. The van der Waals surface area contributed by atoms with Gasteiger partial charge in [0, 0.05) is 6.04 Å². The van der Waals surface area contributed by atoms with Crippen molar-refractivity contribution < 1.29 is 12.8 Å². The van der Waals surface area contributed by atoms with E-state index in [1.807, 2.05) is 0 Å². The molecule has 1 aromatic carbocycles. The Labute approximate surface area is 109 Å². The molecule has 1 rings (SSSR count). The van der Waals surface area contributed by atoms with Crippen LogP contribution in [-0.2, 0) is 10.0 Å². The summed E-state index contributed by atoms with van der Waals surface area (Å²) in [5, 5.41) is 0. The SMILES string of the molecule is C=CCC(C)NS(=O)(=O)c1ccc(Br)c(F)c1. The van der Waals surface area contributed by atoms with Crippen LogP contribution in [0.25, 0.3) is 0 Å². The molecule has 0 aliphatic carbocycles. The second-order valence-electron chi connectivity index (χ2n) is 3.62. The van der Waals surface area contributed by atoms with Crippen molar-refractivity contribution in [3.05, 3.63) is 41.1 Å². The van der Waals surface area contributed by atoms with E-state index in [1.165, 1.54) is 12.1 Å². The monoisotopic (exact) mass is 321 g/mol. The maximum absolute atomic E-state index is 13.2. The number of hydrogen-bond donors (Lipinski definition) is 1. The molecule has 6 heteroatoms. The Hall–Kier alpha value is -0.720. The number of hydrogen-bond acceptors (Lipinski definition) is 2. The molecule has 0 aliphatic rings. The molecular formula is C11H13BrFNO2S. The molecule has 1 atom stereocenters. The summed E-state index contributed by atoms with van der Waals surface area (Å²) < 4.78 is 39.6. The quantitative estimate of drug-likeness (QED) is 0.848. The Morgan fingerprint density at radius 2 is 2.24 bits per heavy atom. The van der Waals surface area contributed by atoms with Gasteiger partial charge in [0.2, 0.25) is 10.0 Å². The van der Waals surface area contributed by atoms with E-state index in [4.69, 9.17) is 0 Å². The minimum atomic E-state index is -3.68. The van der Waals surface area contributed by atoms with E-state index in [2.05, 4.69) is 27.2 Å². The van der Waals surface area contributed by atoms with Gasteiger partial charge in [0.1, 0.15) is 5.82 Å². The third kappa shape index (κ3) is 3.90. The van der Waals surface area contributed by atoms with Gasteiger partial charge in [-0.05, 0) is 47.5 Å². The molecule has 0 fully saturated rings. The summed E-state index contributed by atoms with van der Waals surface area (Å²) in [6.07, 6.45) is 2.13. The maximum Gasteiger partial charge on any atom is 0.240 e. The number of rotatable bonds is 5. The van der Waals surface area contributed by atoms with Gasteiger partial charge in [0.25, 0.3) is 0 Å². The molecule has 0 spiro atoms. The van der Waals surface area contributed by atoms with Gasteiger partial charge in [-0.2, -0.15) is 0 Å². The molecule has 0 heterocycles. The molecule has 3 nitrogen and oxygen atoms in total. The summed E-state index contributed by atoms with van der Waals surface area (Å²) in [6, 6.07) is 3.41. The second-order valence-corrected chi connectivity index (χ2v) is 6.19. The predicted octanol–water partition coefficient (Wildman–Crippen LogP) is 2.83. The summed E-state index contributed by atoms with van der Waals surface area (Å²) in [7, 11) is -3.68. The van der Waals surface area contributed by atoms with Crippen molar-refractivity contribution in [2.75, 3.05) is 0 Å². The molecule has 1 aromatic rings. The highest BCUT2D eigenvalue weighted by molar-refractivity contribution is 9.10. The fourth-order valence-electron chi connectivity index (χ4n) is 1.28. The molecular weight excluding hydrogens is 309 g/mol. The lowest BCUT2D eigenvalue weighted by atomic mass is 10.3. The van der Waals surface area contributed by atoms with Crippen molar-refractivity contribution in [2.24, 2.45) is 0 Å². The van der Waals surface area contributed by atoms with Crippen LogP contribution in [0.3, 0.4) is 0 Å². The van der Waals surface area contributed by atoms with Crippen LogP contribution >= 0.6 is 15.9 Å². The van der Waals surface area contributed by atoms with Gasteiger partial charge >= 0.3 is 0 Å². The minimum absolute atomic E-state index is 0.0888. The molecule has 0 amide bonds. The Kier molecular flexibility index (Phi) is 4.85. The van der Waals surface area contributed by atoms with Crippen LogP contribution < -0.4 is 4.72 Å². The van der Waals surface area contributed by atoms with Gasteiger partial charge in [-0.3, -0.25) is 0 Å². The van der Waals surface area contributed by atoms with Gasteiger partial charge in [-0.15, -0.1) is 6.58 Å². The molecule has 0 radical (unpaired) electrons. The molecule has 0 aromatic heterocycles. The van der Waals surface area contributed by atoms with Crippen LogP contribution in [0.15, 0.2) is 40.2 Å². The number of halogens is 2.